The second-order valence-electron chi connectivity index (χ2n) is 4.78. The van der Waals surface area contributed by atoms with Gasteiger partial charge in [-0.1, -0.05) is 0 Å². The molecule has 2 N–H and O–H groups in total. The molecule has 0 saturated carbocycles. The minimum atomic E-state index is 0. The van der Waals surface area contributed by atoms with E-state index in [1.165, 1.54) is 6.42 Å². The number of piperidine rings is 1. The predicted molar refractivity (Wildman–Crippen MR) is 75.3 cm³/mol. The largest absolute Gasteiger partial charge is 0.497 e. The lowest BCUT2D eigenvalue weighted by atomic mass is 10.1. The highest BCUT2D eigenvalue weighted by atomic mass is 35.5. The molecule has 18 heavy (non-hydrogen) atoms. The van der Waals surface area contributed by atoms with Gasteiger partial charge in [0.2, 0.25) is 0 Å². The van der Waals surface area contributed by atoms with E-state index in [0.29, 0.717) is 6.04 Å². The van der Waals surface area contributed by atoms with Crippen LogP contribution in [-0.4, -0.2) is 36.1 Å². The van der Waals surface area contributed by atoms with E-state index in [0.717, 1.165) is 43.2 Å². The lowest BCUT2D eigenvalue weighted by molar-refractivity contribution is 0.199. The first-order valence-electron chi connectivity index (χ1n) is 6.17. The average Bonchev–Trinajstić information content (AvgIpc) is 2.28. The number of hydrogen-bond acceptors (Lipinski definition) is 4. The maximum atomic E-state index is 5.98. The van der Waals surface area contributed by atoms with E-state index in [1.807, 2.05) is 19.1 Å². The van der Waals surface area contributed by atoms with E-state index < -0.39 is 0 Å². The van der Waals surface area contributed by atoms with Gasteiger partial charge in [0.05, 0.1) is 12.8 Å². The van der Waals surface area contributed by atoms with Crippen molar-refractivity contribution in [3.63, 3.8) is 0 Å². The third-order valence-electron chi connectivity index (χ3n) is 3.14. The Balaban J connectivity index is 0.00000162. The molecule has 1 aliphatic heterocycles. The van der Waals surface area contributed by atoms with E-state index in [-0.39, 0.29) is 12.4 Å². The molecule has 2 heterocycles. The molecule has 1 aliphatic rings. The second kappa shape index (κ2) is 6.92. The predicted octanol–water partition coefficient (Wildman–Crippen LogP) is 1.74. The number of methoxy groups -OCH3 is 1. The van der Waals surface area contributed by atoms with Gasteiger partial charge in [-0.3, -0.25) is 9.88 Å². The van der Waals surface area contributed by atoms with Crippen molar-refractivity contribution in [3.05, 3.63) is 23.5 Å². The third kappa shape index (κ3) is 4.12. The molecule has 0 aliphatic carbocycles. The molecule has 0 bridgehead atoms. The molecule has 102 valence electrons. The molecule has 5 heteroatoms. The van der Waals surface area contributed by atoms with E-state index in [4.69, 9.17) is 10.5 Å². The van der Waals surface area contributed by atoms with Crippen molar-refractivity contribution in [1.82, 2.24) is 9.88 Å². The van der Waals surface area contributed by atoms with Gasteiger partial charge in [-0.15, -0.1) is 12.4 Å². The molecule has 0 radical (unpaired) electrons. The summed E-state index contributed by atoms with van der Waals surface area (Å²) < 4.78 is 5.26. The van der Waals surface area contributed by atoms with Crippen LogP contribution in [0.25, 0.3) is 0 Å². The van der Waals surface area contributed by atoms with Gasteiger partial charge in [-0.2, -0.15) is 0 Å². The minimum absolute atomic E-state index is 0. The molecular weight excluding hydrogens is 250 g/mol. The highest BCUT2D eigenvalue weighted by molar-refractivity contribution is 5.85. The zero-order valence-electron chi connectivity index (χ0n) is 11.1. The van der Waals surface area contributed by atoms with Crippen LogP contribution in [-0.2, 0) is 6.54 Å². The molecule has 0 amide bonds. The Morgan fingerprint density at radius 2 is 2.28 bits per heavy atom. The molecule has 1 unspecified atom stereocenters. The molecule has 1 aromatic rings. The van der Waals surface area contributed by atoms with Gasteiger partial charge in [-0.25, -0.2) is 0 Å². The zero-order chi connectivity index (χ0) is 12.3. The van der Waals surface area contributed by atoms with Crippen LogP contribution in [0.15, 0.2) is 12.1 Å². The van der Waals surface area contributed by atoms with Crippen LogP contribution in [0.2, 0.25) is 0 Å². The molecule has 0 spiro atoms. The Labute approximate surface area is 115 Å². The number of halogens is 1. The van der Waals surface area contributed by atoms with Gasteiger partial charge < -0.3 is 10.5 Å². The van der Waals surface area contributed by atoms with Gasteiger partial charge in [0.15, 0.2) is 0 Å². The standard InChI is InChI=1S/C13H21N3O.ClH/c1-10-6-13(17-2)7-12(15-10)9-16-5-3-4-11(14)8-16;/h6-7,11H,3-5,8-9,14H2,1-2H3;1H. The summed E-state index contributed by atoms with van der Waals surface area (Å²) in [5.74, 6) is 0.883. The minimum Gasteiger partial charge on any atom is -0.497 e. The summed E-state index contributed by atoms with van der Waals surface area (Å²) in [5.41, 5.74) is 8.04. The number of likely N-dealkylation sites (tertiary alicyclic amines) is 1. The highest BCUT2D eigenvalue weighted by Gasteiger charge is 2.17. The van der Waals surface area contributed by atoms with Crippen LogP contribution < -0.4 is 10.5 Å². The smallest absolute Gasteiger partial charge is 0.122 e. The third-order valence-corrected chi connectivity index (χ3v) is 3.14. The molecular formula is C13H22ClN3O. The quantitative estimate of drug-likeness (QED) is 0.910. The van der Waals surface area contributed by atoms with Crippen molar-refractivity contribution in [3.8, 4) is 5.75 Å². The van der Waals surface area contributed by atoms with Gasteiger partial charge >= 0.3 is 0 Å². The summed E-state index contributed by atoms with van der Waals surface area (Å²) in [6, 6.07) is 4.27. The Kier molecular flexibility index (Phi) is 5.85. The SMILES string of the molecule is COc1cc(C)nc(CN2CCCC(N)C2)c1.Cl. The van der Waals surface area contributed by atoms with E-state index >= 15 is 0 Å². The van der Waals surface area contributed by atoms with Gasteiger partial charge in [-0.05, 0) is 26.3 Å². The average molecular weight is 272 g/mol. The number of hydrogen-bond donors (Lipinski definition) is 1. The number of aryl methyl sites for hydroxylation is 1. The Morgan fingerprint density at radius 3 is 2.94 bits per heavy atom. The van der Waals surface area contributed by atoms with E-state index in [1.54, 1.807) is 7.11 Å². The molecule has 0 aromatic carbocycles. The lowest BCUT2D eigenvalue weighted by Crippen LogP contribution is -2.42. The Hall–Kier alpha value is -0.840. The molecule has 1 atom stereocenters. The summed E-state index contributed by atoms with van der Waals surface area (Å²) >= 11 is 0. The number of pyridine rings is 1. The van der Waals surface area contributed by atoms with Crippen molar-refractivity contribution < 1.29 is 4.74 Å². The van der Waals surface area contributed by atoms with Gasteiger partial charge in [0, 0.05) is 37.0 Å². The lowest BCUT2D eigenvalue weighted by Gasteiger charge is -2.30. The van der Waals surface area contributed by atoms with Crippen LogP contribution in [0, 0.1) is 6.92 Å². The fraction of sp³-hybridized carbons (Fsp3) is 0.615. The normalized spacial score (nSPS) is 20.3. The van der Waals surface area contributed by atoms with Crippen molar-refractivity contribution in [2.45, 2.75) is 32.4 Å². The Morgan fingerprint density at radius 1 is 1.50 bits per heavy atom. The number of nitrogens with two attached hydrogens (primary N) is 1. The topological polar surface area (TPSA) is 51.4 Å². The first kappa shape index (κ1) is 15.2. The van der Waals surface area contributed by atoms with E-state index in [2.05, 4.69) is 9.88 Å². The summed E-state index contributed by atoms with van der Waals surface area (Å²) in [5, 5.41) is 0. The first-order chi connectivity index (χ1) is 8.17. The van der Waals surface area contributed by atoms with Crippen molar-refractivity contribution in [2.24, 2.45) is 5.73 Å². The molecule has 1 aromatic heterocycles. The monoisotopic (exact) mass is 271 g/mol. The van der Waals surface area contributed by atoms with Crippen molar-refractivity contribution >= 4 is 12.4 Å². The summed E-state index contributed by atoms with van der Waals surface area (Å²) in [6.07, 6.45) is 2.32. The maximum Gasteiger partial charge on any atom is 0.122 e. The number of nitrogens with zero attached hydrogens (tertiary/aromatic N) is 2. The molecule has 2 rings (SSSR count). The summed E-state index contributed by atoms with van der Waals surface area (Å²) in [6.45, 7) is 4.95. The van der Waals surface area contributed by atoms with Gasteiger partial charge in [0.1, 0.15) is 5.75 Å². The molecule has 1 fully saturated rings. The first-order valence-corrected chi connectivity index (χ1v) is 6.17. The molecule has 4 nitrogen and oxygen atoms in total. The van der Waals surface area contributed by atoms with Crippen LogP contribution in [0.4, 0.5) is 0 Å². The van der Waals surface area contributed by atoms with E-state index in [9.17, 15) is 0 Å². The van der Waals surface area contributed by atoms with Crippen molar-refractivity contribution in [2.75, 3.05) is 20.2 Å². The molecule has 1 saturated heterocycles. The maximum absolute atomic E-state index is 5.98. The fourth-order valence-electron chi connectivity index (χ4n) is 2.37. The number of rotatable bonds is 3. The number of aromatic nitrogens is 1. The van der Waals surface area contributed by atoms with Gasteiger partial charge in [0.25, 0.3) is 0 Å². The van der Waals surface area contributed by atoms with Crippen LogP contribution in [0.5, 0.6) is 5.75 Å². The zero-order valence-corrected chi connectivity index (χ0v) is 11.9. The highest BCUT2D eigenvalue weighted by Crippen LogP contribution is 2.16. The Bertz CT molecular complexity index is 386. The summed E-state index contributed by atoms with van der Waals surface area (Å²) in [4.78, 5) is 6.91. The van der Waals surface area contributed by atoms with Crippen LogP contribution >= 0.6 is 12.4 Å². The van der Waals surface area contributed by atoms with Crippen molar-refractivity contribution in [1.29, 1.82) is 0 Å². The number of ether oxygens (including phenoxy) is 1. The fourth-order valence-corrected chi connectivity index (χ4v) is 2.37. The second-order valence-corrected chi connectivity index (χ2v) is 4.78. The van der Waals surface area contributed by atoms with Crippen LogP contribution in [0.3, 0.4) is 0 Å². The van der Waals surface area contributed by atoms with Crippen LogP contribution in [0.1, 0.15) is 24.2 Å². The summed E-state index contributed by atoms with van der Waals surface area (Å²) in [7, 11) is 1.69.